The van der Waals surface area contributed by atoms with E-state index in [-0.39, 0.29) is 15.5 Å². The van der Waals surface area contributed by atoms with Gasteiger partial charge in [0.2, 0.25) is 0 Å². The van der Waals surface area contributed by atoms with Gasteiger partial charge in [0.25, 0.3) is 0 Å². The van der Waals surface area contributed by atoms with Crippen molar-refractivity contribution in [1.82, 2.24) is 0 Å². The highest BCUT2D eigenvalue weighted by Crippen LogP contribution is 2.20. The summed E-state index contributed by atoms with van der Waals surface area (Å²) < 4.78 is 20.9. The second-order valence-electron chi connectivity index (χ2n) is 2.19. The van der Waals surface area contributed by atoms with Crippen LogP contribution in [0.25, 0.3) is 0 Å². The molecule has 0 bridgehead atoms. The molecule has 4 nitrogen and oxygen atoms in total. The van der Waals surface area contributed by atoms with E-state index in [4.69, 9.17) is 16.7 Å². The maximum absolute atomic E-state index is 10.5. The van der Waals surface area contributed by atoms with Gasteiger partial charge in [-0.25, -0.2) is 4.79 Å². The van der Waals surface area contributed by atoms with E-state index in [0.29, 0.717) is 0 Å². The summed E-state index contributed by atoms with van der Waals surface area (Å²) in [6, 6.07) is 3.42. The highest BCUT2D eigenvalue weighted by Gasteiger charge is 2.06. The van der Waals surface area contributed by atoms with Gasteiger partial charge in [0, 0.05) is 4.90 Å². The van der Waals surface area contributed by atoms with Crippen LogP contribution in [0.2, 0.25) is 5.02 Å². The van der Waals surface area contributed by atoms with Crippen LogP contribution in [0.1, 0.15) is 10.4 Å². The van der Waals surface area contributed by atoms with Gasteiger partial charge in [-0.2, -0.15) is 0 Å². The molecule has 70 valence electrons. The number of rotatable bonds is 2. The maximum atomic E-state index is 10.5. The lowest BCUT2D eigenvalue weighted by molar-refractivity contribution is 0.0697. The molecule has 6 heteroatoms. The van der Waals surface area contributed by atoms with Crippen LogP contribution < -0.4 is 0 Å². The van der Waals surface area contributed by atoms with Crippen molar-refractivity contribution in [2.24, 2.45) is 0 Å². The van der Waals surface area contributed by atoms with Crippen LogP contribution in [0.5, 0.6) is 0 Å². The molecule has 0 heterocycles. The van der Waals surface area contributed by atoms with E-state index in [1.165, 1.54) is 6.07 Å². The summed E-state index contributed by atoms with van der Waals surface area (Å²) in [6.07, 6.45) is 0. The Kier molecular flexibility index (Phi) is 3.02. The van der Waals surface area contributed by atoms with Crippen molar-refractivity contribution >= 4 is 28.7 Å². The molecule has 0 spiro atoms. The summed E-state index contributed by atoms with van der Waals surface area (Å²) in [7, 11) is 0. The largest absolute Gasteiger partial charge is 0.768 e. The molecule has 1 aromatic rings. The number of hydrogen-bond donors (Lipinski definition) is 1. The monoisotopic (exact) mass is 219 g/mol. The van der Waals surface area contributed by atoms with Gasteiger partial charge in [-0.3, -0.25) is 4.21 Å². The van der Waals surface area contributed by atoms with E-state index < -0.39 is 17.0 Å². The van der Waals surface area contributed by atoms with E-state index in [1.54, 1.807) is 0 Å². The molecule has 0 fully saturated rings. The molecule has 1 atom stereocenters. The average Bonchev–Trinajstić information content (AvgIpc) is 2.03. The Hall–Kier alpha value is -0.910. The van der Waals surface area contributed by atoms with Crippen LogP contribution in [0.3, 0.4) is 0 Å². The third-order valence-corrected chi connectivity index (χ3v) is 2.50. The second-order valence-corrected chi connectivity index (χ2v) is 3.50. The fourth-order valence-corrected chi connectivity index (χ4v) is 1.54. The Morgan fingerprint density at radius 3 is 2.54 bits per heavy atom. The quantitative estimate of drug-likeness (QED) is 0.760. The molecule has 0 aromatic heterocycles. The molecule has 1 unspecified atom stereocenters. The van der Waals surface area contributed by atoms with Crippen molar-refractivity contribution < 1.29 is 18.7 Å². The number of carboxylic acid groups (broad SMARTS) is 1. The number of carboxylic acids is 1. The molecular weight excluding hydrogens is 216 g/mol. The Balaban J connectivity index is 3.20. The zero-order valence-electron chi connectivity index (χ0n) is 6.19. The van der Waals surface area contributed by atoms with Crippen LogP contribution in [-0.2, 0) is 11.1 Å². The van der Waals surface area contributed by atoms with E-state index >= 15 is 0 Å². The highest BCUT2D eigenvalue weighted by molar-refractivity contribution is 7.79. The molecule has 0 saturated carbocycles. The molecule has 0 radical (unpaired) electrons. The maximum Gasteiger partial charge on any atom is 0.335 e. The van der Waals surface area contributed by atoms with Crippen molar-refractivity contribution in [3.8, 4) is 0 Å². The van der Waals surface area contributed by atoms with Gasteiger partial charge in [0.15, 0.2) is 0 Å². The van der Waals surface area contributed by atoms with Crippen molar-refractivity contribution in [2.75, 3.05) is 0 Å². The number of benzene rings is 1. The average molecular weight is 220 g/mol. The Morgan fingerprint density at radius 2 is 2.15 bits per heavy atom. The molecule has 0 saturated heterocycles. The van der Waals surface area contributed by atoms with Crippen molar-refractivity contribution in [3.63, 3.8) is 0 Å². The first-order valence-corrected chi connectivity index (χ1v) is 4.60. The first-order valence-electron chi connectivity index (χ1n) is 3.14. The lowest BCUT2D eigenvalue weighted by Gasteiger charge is -2.07. The first-order chi connectivity index (χ1) is 6.02. The van der Waals surface area contributed by atoms with E-state index in [2.05, 4.69) is 0 Å². The molecule has 0 amide bonds. The molecule has 13 heavy (non-hydrogen) atoms. The summed E-state index contributed by atoms with van der Waals surface area (Å²) in [5.41, 5.74) is -0.0424. The third kappa shape index (κ3) is 2.27. The number of aromatic carboxylic acids is 1. The fraction of sp³-hybridized carbons (Fsp3) is 0. The molecule has 1 aromatic carbocycles. The fourth-order valence-electron chi connectivity index (χ4n) is 0.769. The molecule has 0 aliphatic heterocycles. The summed E-state index contributed by atoms with van der Waals surface area (Å²) in [6.45, 7) is 0. The number of halogens is 1. The highest BCUT2D eigenvalue weighted by atomic mass is 35.5. The van der Waals surface area contributed by atoms with Crippen molar-refractivity contribution in [1.29, 1.82) is 0 Å². The van der Waals surface area contributed by atoms with Crippen LogP contribution in [0, 0.1) is 0 Å². The lowest BCUT2D eigenvalue weighted by Crippen LogP contribution is -1.98. The van der Waals surface area contributed by atoms with Crippen LogP contribution in [0.15, 0.2) is 23.1 Å². The summed E-state index contributed by atoms with van der Waals surface area (Å²) in [4.78, 5) is 10.3. The Morgan fingerprint density at radius 1 is 1.54 bits per heavy atom. The minimum atomic E-state index is -2.44. The van der Waals surface area contributed by atoms with Gasteiger partial charge in [0.05, 0.1) is 10.6 Å². The van der Waals surface area contributed by atoms with Gasteiger partial charge in [-0.1, -0.05) is 11.6 Å². The third-order valence-electron chi connectivity index (χ3n) is 1.36. The smallest absolute Gasteiger partial charge is 0.335 e. The molecular formula is C7H4ClO4S-. The van der Waals surface area contributed by atoms with E-state index in [9.17, 15) is 13.6 Å². The number of carbonyl (C=O) groups is 1. The van der Waals surface area contributed by atoms with Crippen molar-refractivity contribution in [2.45, 2.75) is 4.90 Å². The van der Waals surface area contributed by atoms with E-state index in [1.807, 2.05) is 0 Å². The predicted molar refractivity (Wildman–Crippen MR) is 45.6 cm³/mol. The summed E-state index contributed by atoms with van der Waals surface area (Å²) in [5.74, 6) is -1.15. The molecule has 1 rings (SSSR count). The minimum absolute atomic E-state index is 0.0424. The summed E-state index contributed by atoms with van der Waals surface area (Å²) in [5, 5.41) is 8.44. The van der Waals surface area contributed by atoms with Crippen LogP contribution >= 0.6 is 11.6 Å². The Bertz CT molecular complexity index is 377. The van der Waals surface area contributed by atoms with E-state index in [0.717, 1.165) is 12.1 Å². The van der Waals surface area contributed by atoms with Gasteiger partial charge < -0.3 is 9.66 Å². The molecule has 1 N–H and O–H groups in total. The molecule has 0 aliphatic carbocycles. The Labute approximate surface area is 81.4 Å². The van der Waals surface area contributed by atoms with Crippen LogP contribution in [-0.4, -0.2) is 19.8 Å². The zero-order chi connectivity index (χ0) is 10.0. The second kappa shape index (κ2) is 3.87. The lowest BCUT2D eigenvalue weighted by atomic mass is 10.2. The van der Waals surface area contributed by atoms with Gasteiger partial charge in [0.1, 0.15) is 0 Å². The SMILES string of the molecule is O=C(O)c1ccc(S(=O)[O-])c(Cl)c1. The topological polar surface area (TPSA) is 77.4 Å². The normalized spacial score (nSPS) is 12.5. The zero-order valence-corrected chi connectivity index (χ0v) is 7.76. The first kappa shape index (κ1) is 10.2. The van der Waals surface area contributed by atoms with Crippen molar-refractivity contribution in [3.05, 3.63) is 28.8 Å². The predicted octanol–water partition coefficient (Wildman–Crippen LogP) is 1.28. The standard InChI is InChI=1S/C7H5ClO4S/c8-5-3-4(7(9)10)1-2-6(5)13(11)12/h1-3H,(H,9,10)(H,11,12)/p-1. The number of hydrogen-bond acceptors (Lipinski definition) is 3. The van der Waals surface area contributed by atoms with Gasteiger partial charge in [-0.15, -0.1) is 0 Å². The van der Waals surface area contributed by atoms with Gasteiger partial charge in [-0.05, 0) is 29.3 Å². The van der Waals surface area contributed by atoms with Gasteiger partial charge >= 0.3 is 5.97 Å². The molecule has 0 aliphatic rings. The van der Waals surface area contributed by atoms with Crippen LogP contribution in [0.4, 0.5) is 0 Å². The minimum Gasteiger partial charge on any atom is -0.768 e. The summed E-state index contributed by atoms with van der Waals surface area (Å²) >= 11 is 3.08.